The SMILES string of the molecule is CCO[Si](CCC1CCC2OC2C1)(OCC)OCC.[CH2]CC(=O)O. The summed E-state index contributed by atoms with van der Waals surface area (Å²) in [6.45, 7) is 11.2. The van der Waals surface area contributed by atoms with Crippen LogP contribution < -0.4 is 0 Å². The van der Waals surface area contributed by atoms with Crippen LogP contribution in [0.4, 0.5) is 0 Å². The number of carboxylic acids is 1. The maximum atomic E-state index is 9.31. The highest BCUT2D eigenvalue weighted by molar-refractivity contribution is 6.60. The van der Waals surface area contributed by atoms with Gasteiger partial charge in [0.05, 0.1) is 12.2 Å². The number of carboxylic acid groups (broad SMARTS) is 1. The molecular weight excluding hydrogens is 328 g/mol. The van der Waals surface area contributed by atoms with Crippen molar-refractivity contribution in [3.05, 3.63) is 6.92 Å². The quantitative estimate of drug-likeness (QED) is 0.475. The van der Waals surface area contributed by atoms with Crippen LogP contribution in [-0.4, -0.2) is 51.9 Å². The van der Waals surface area contributed by atoms with E-state index in [1.807, 2.05) is 20.8 Å². The average molecular weight is 362 g/mol. The Hall–Kier alpha value is -0.473. The van der Waals surface area contributed by atoms with Crippen molar-refractivity contribution in [1.82, 2.24) is 0 Å². The normalized spacial score (nSPS) is 25.4. The van der Waals surface area contributed by atoms with Crippen LogP contribution in [0.15, 0.2) is 0 Å². The predicted molar refractivity (Wildman–Crippen MR) is 93.7 cm³/mol. The lowest BCUT2D eigenvalue weighted by Gasteiger charge is -2.30. The number of rotatable bonds is 10. The molecule has 6 nitrogen and oxygen atoms in total. The number of hydrogen-bond acceptors (Lipinski definition) is 5. The number of epoxide rings is 1. The van der Waals surface area contributed by atoms with Gasteiger partial charge in [0.2, 0.25) is 0 Å². The molecule has 3 unspecified atom stereocenters. The fraction of sp³-hybridized carbons (Fsp3) is 0.882. The highest BCUT2D eigenvalue weighted by Crippen LogP contribution is 2.41. The summed E-state index contributed by atoms with van der Waals surface area (Å²) in [7, 11) is -2.43. The second-order valence-corrected chi connectivity index (χ2v) is 8.79. The minimum absolute atomic E-state index is 0.0278. The second kappa shape index (κ2) is 11.2. The van der Waals surface area contributed by atoms with Crippen LogP contribution in [0.25, 0.3) is 0 Å². The molecule has 2 aliphatic rings. The van der Waals surface area contributed by atoms with Crippen LogP contribution in [0.2, 0.25) is 6.04 Å². The highest BCUT2D eigenvalue weighted by atomic mass is 28.4. The Labute approximate surface area is 147 Å². The molecule has 0 aromatic heterocycles. The van der Waals surface area contributed by atoms with Crippen molar-refractivity contribution in [1.29, 1.82) is 0 Å². The summed E-state index contributed by atoms with van der Waals surface area (Å²) in [5, 5.41) is 7.66. The first kappa shape index (κ1) is 21.6. The van der Waals surface area contributed by atoms with E-state index in [9.17, 15) is 4.79 Å². The lowest BCUT2D eigenvalue weighted by molar-refractivity contribution is -0.136. The van der Waals surface area contributed by atoms with Gasteiger partial charge in [-0.05, 0) is 59.3 Å². The first-order chi connectivity index (χ1) is 11.5. The summed E-state index contributed by atoms with van der Waals surface area (Å²) in [6.07, 6.45) is 6.01. The Morgan fingerprint density at radius 3 is 2.08 bits per heavy atom. The second-order valence-electron chi connectivity index (χ2n) is 6.06. The fourth-order valence-electron chi connectivity index (χ4n) is 3.13. The van der Waals surface area contributed by atoms with Gasteiger partial charge in [0, 0.05) is 32.3 Å². The molecule has 2 rings (SSSR count). The van der Waals surface area contributed by atoms with E-state index in [4.69, 9.17) is 23.1 Å². The standard InChI is InChI=1S/C14H28O4Si.C3H5O2/c1-4-15-19(16-5-2,17-6-3)10-9-12-7-8-13-14(11-12)18-13;1-2-3(4)5/h12-14H,4-11H2,1-3H3;1-2H2,(H,4,5). The zero-order chi connectivity index (χ0) is 18.0. The van der Waals surface area contributed by atoms with Crippen LogP contribution >= 0.6 is 0 Å². The van der Waals surface area contributed by atoms with Gasteiger partial charge in [-0.1, -0.05) is 0 Å². The average Bonchev–Trinajstić information content (AvgIpc) is 3.33. The summed E-state index contributed by atoms with van der Waals surface area (Å²) < 4.78 is 23.3. The van der Waals surface area contributed by atoms with Gasteiger partial charge in [-0.25, -0.2) is 0 Å². The summed E-state index contributed by atoms with van der Waals surface area (Å²) >= 11 is 0. The molecule has 141 valence electrons. The third-order valence-corrected chi connectivity index (χ3v) is 7.36. The van der Waals surface area contributed by atoms with E-state index in [1.165, 1.54) is 19.3 Å². The van der Waals surface area contributed by atoms with E-state index in [0.717, 1.165) is 18.4 Å². The summed E-state index contributed by atoms with van der Waals surface area (Å²) in [5.41, 5.74) is 0. The van der Waals surface area contributed by atoms with Gasteiger partial charge in [0.1, 0.15) is 0 Å². The minimum Gasteiger partial charge on any atom is -0.481 e. The van der Waals surface area contributed by atoms with Crippen LogP contribution in [0.1, 0.15) is 52.9 Å². The Morgan fingerprint density at radius 1 is 1.12 bits per heavy atom. The van der Waals surface area contributed by atoms with Gasteiger partial charge < -0.3 is 23.1 Å². The molecule has 0 bridgehead atoms. The molecule has 1 N–H and O–H groups in total. The number of fused-ring (bicyclic) bond motifs is 1. The van der Waals surface area contributed by atoms with Crippen LogP contribution in [-0.2, 0) is 22.8 Å². The molecule has 1 heterocycles. The monoisotopic (exact) mass is 361 g/mol. The minimum atomic E-state index is -2.43. The van der Waals surface area contributed by atoms with Crippen LogP contribution in [0, 0.1) is 12.8 Å². The molecule has 7 heteroatoms. The molecule has 1 saturated heterocycles. The Balaban J connectivity index is 0.000000505. The molecule has 0 aromatic rings. The zero-order valence-electron chi connectivity index (χ0n) is 15.3. The number of hydrogen-bond donors (Lipinski definition) is 1. The zero-order valence-corrected chi connectivity index (χ0v) is 16.3. The topological polar surface area (TPSA) is 77.5 Å². The van der Waals surface area contributed by atoms with E-state index in [0.29, 0.717) is 32.0 Å². The van der Waals surface area contributed by atoms with Gasteiger partial charge in [0.25, 0.3) is 0 Å². The Kier molecular flexibility index (Phi) is 10.1. The van der Waals surface area contributed by atoms with Gasteiger partial charge in [-0.3, -0.25) is 4.79 Å². The summed E-state index contributed by atoms with van der Waals surface area (Å²) in [4.78, 5) is 9.31. The molecule has 0 aromatic carbocycles. The van der Waals surface area contributed by atoms with Crippen molar-refractivity contribution in [3.63, 3.8) is 0 Å². The van der Waals surface area contributed by atoms with E-state index >= 15 is 0 Å². The van der Waals surface area contributed by atoms with E-state index in [2.05, 4.69) is 6.92 Å². The Bertz CT molecular complexity index is 348. The molecule has 1 radical (unpaired) electrons. The van der Waals surface area contributed by atoms with Crippen LogP contribution in [0.5, 0.6) is 0 Å². The molecule has 24 heavy (non-hydrogen) atoms. The maximum Gasteiger partial charge on any atom is 0.500 e. The van der Waals surface area contributed by atoms with E-state index in [1.54, 1.807) is 0 Å². The van der Waals surface area contributed by atoms with Crippen molar-refractivity contribution < 1.29 is 27.9 Å². The van der Waals surface area contributed by atoms with Gasteiger partial charge in [0.15, 0.2) is 0 Å². The Morgan fingerprint density at radius 2 is 1.67 bits per heavy atom. The summed E-state index contributed by atoms with van der Waals surface area (Å²) in [6, 6.07) is 0.949. The van der Waals surface area contributed by atoms with Gasteiger partial charge in [-0.15, -0.1) is 0 Å². The number of carbonyl (C=O) groups is 1. The fourth-order valence-corrected chi connectivity index (χ4v) is 5.90. The lowest BCUT2D eigenvalue weighted by atomic mass is 9.88. The van der Waals surface area contributed by atoms with Crippen LogP contribution in [0.3, 0.4) is 0 Å². The van der Waals surface area contributed by atoms with E-state index < -0.39 is 14.8 Å². The molecule has 3 atom stereocenters. The highest BCUT2D eigenvalue weighted by Gasteiger charge is 2.46. The van der Waals surface area contributed by atoms with Gasteiger partial charge >= 0.3 is 14.8 Å². The van der Waals surface area contributed by atoms with E-state index in [-0.39, 0.29) is 6.42 Å². The molecular formula is C17H33O6Si. The smallest absolute Gasteiger partial charge is 0.481 e. The van der Waals surface area contributed by atoms with Gasteiger partial charge in [-0.2, -0.15) is 0 Å². The first-order valence-corrected chi connectivity index (χ1v) is 11.0. The van der Waals surface area contributed by atoms with Crippen molar-refractivity contribution in [2.45, 2.75) is 71.1 Å². The molecule has 0 amide bonds. The predicted octanol–water partition coefficient (Wildman–Crippen LogP) is 3.29. The largest absolute Gasteiger partial charge is 0.500 e. The summed E-state index contributed by atoms with van der Waals surface area (Å²) in [5.74, 6) is -0.0954. The molecule has 1 aliphatic carbocycles. The molecule has 0 spiro atoms. The third kappa shape index (κ3) is 7.61. The number of ether oxygens (including phenoxy) is 1. The molecule has 2 fully saturated rings. The van der Waals surface area contributed by atoms with Crippen molar-refractivity contribution in [2.24, 2.45) is 5.92 Å². The third-order valence-electron chi connectivity index (χ3n) is 4.28. The number of aliphatic carboxylic acids is 1. The van der Waals surface area contributed by atoms with Crippen molar-refractivity contribution in [3.8, 4) is 0 Å². The first-order valence-electron chi connectivity index (χ1n) is 9.08. The maximum absolute atomic E-state index is 9.31. The van der Waals surface area contributed by atoms with Crippen molar-refractivity contribution in [2.75, 3.05) is 19.8 Å². The lowest BCUT2D eigenvalue weighted by Crippen LogP contribution is -2.46. The molecule has 1 saturated carbocycles. The molecule has 1 aliphatic heterocycles. The van der Waals surface area contributed by atoms with Crippen molar-refractivity contribution >= 4 is 14.8 Å².